The van der Waals surface area contributed by atoms with Crippen LogP contribution < -0.4 is 10.2 Å². The van der Waals surface area contributed by atoms with Crippen molar-refractivity contribution < 1.29 is 18.7 Å². The molecule has 0 heterocycles. The molecule has 0 fully saturated rings. The van der Waals surface area contributed by atoms with E-state index in [9.17, 15) is 13.8 Å². The van der Waals surface area contributed by atoms with Gasteiger partial charge in [0.25, 0.3) is 0 Å². The average molecular weight is 304 g/mol. The maximum absolute atomic E-state index is 12.7. The third-order valence-electron chi connectivity index (χ3n) is 4.28. The van der Waals surface area contributed by atoms with E-state index >= 15 is 0 Å². The Labute approximate surface area is 126 Å². The van der Waals surface area contributed by atoms with Crippen molar-refractivity contribution in [2.45, 2.75) is 65.3 Å². The predicted octanol–water partition coefficient (Wildman–Crippen LogP) is 0.523. The molecule has 0 aliphatic rings. The largest absolute Gasteiger partial charge is 0.527 e. The van der Waals surface area contributed by atoms with Crippen molar-refractivity contribution in [3.63, 3.8) is 0 Å². The van der Waals surface area contributed by atoms with Crippen LogP contribution in [0.5, 0.6) is 0 Å². The van der Waals surface area contributed by atoms with E-state index in [-0.39, 0.29) is 22.6 Å². The molecule has 0 aliphatic carbocycles. The molecular formula is C14H28N2O3S+2. The molecule has 3 unspecified atom stereocenters. The van der Waals surface area contributed by atoms with Crippen LogP contribution in [-0.2, 0) is 25.5 Å². The van der Waals surface area contributed by atoms with Gasteiger partial charge in [-0.15, -0.1) is 0 Å². The lowest BCUT2D eigenvalue weighted by Gasteiger charge is -2.35. The molecule has 116 valence electrons. The van der Waals surface area contributed by atoms with Crippen LogP contribution in [0.15, 0.2) is 0 Å². The van der Waals surface area contributed by atoms with E-state index < -0.39 is 6.04 Å². The highest BCUT2D eigenvalue weighted by molar-refractivity contribution is 7.66. The summed E-state index contributed by atoms with van der Waals surface area (Å²) < 4.78 is 11.1. The van der Waals surface area contributed by atoms with Gasteiger partial charge in [0.1, 0.15) is 6.04 Å². The van der Waals surface area contributed by atoms with Gasteiger partial charge in [-0.2, -0.15) is 0 Å². The fourth-order valence-corrected chi connectivity index (χ4v) is 2.65. The molecule has 5 nitrogen and oxygen atoms in total. The molecule has 3 atom stereocenters. The van der Waals surface area contributed by atoms with Gasteiger partial charge in [0.15, 0.2) is 0 Å². The Kier molecular flexibility index (Phi) is 8.05. The number of carbonyl (C=O) groups is 2. The Hall–Kier alpha value is -0.880. The zero-order chi connectivity index (χ0) is 15.9. The molecule has 0 saturated carbocycles. The minimum absolute atomic E-state index is 0.110. The number of carbonyl (C=O) groups excluding carboxylic acids is 2. The lowest BCUT2D eigenvalue weighted by molar-refractivity contribution is -0.811. The van der Waals surface area contributed by atoms with E-state index in [0.29, 0.717) is 23.0 Å². The lowest BCUT2D eigenvalue weighted by atomic mass is 9.76. The molecule has 0 radical (unpaired) electrons. The number of nitrogens with one attached hydrogen (secondary N) is 2. The molecular weight excluding hydrogens is 276 g/mol. The minimum Gasteiger partial charge on any atom is -0.341 e. The first-order valence-electron chi connectivity index (χ1n) is 7.20. The van der Waals surface area contributed by atoms with E-state index in [2.05, 4.69) is 5.32 Å². The van der Waals surface area contributed by atoms with Crippen molar-refractivity contribution in [1.29, 1.82) is 0 Å². The summed E-state index contributed by atoms with van der Waals surface area (Å²) in [6.45, 7) is 9.34. The van der Waals surface area contributed by atoms with Gasteiger partial charge in [0.2, 0.25) is 5.91 Å². The van der Waals surface area contributed by atoms with Crippen molar-refractivity contribution >= 4 is 23.5 Å². The van der Waals surface area contributed by atoms with Crippen LogP contribution in [-0.4, -0.2) is 30.3 Å². The maximum atomic E-state index is 12.7. The van der Waals surface area contributed by atoms with Crippen LogP contribution >= 0.6 is 0 Å². The fourth-order valence-electron chi connectivity index (χ4n) is 2.25. The molecule has 0 saturated heterocycles. The van der Waals surface area contributed by atoms with Crippen LogP contribution in [0.2, 0.25) is 0 Å². The van der Waals surface area contributed by atoms with E-state index in [1.165, 1.54) is 6.92 Å². The maximum Gasteiger partial charge on any atom is 0.527 e. The second kappa shape index (κ2) is 8.42. The highest BCUT2D eigenvalue weighted by Crippen LogP contribution is 2.29. The summed E-state index contributed by atoms with van der Waals surface area (Å²) in [5.74, 6) is -0.325. The monoisotopic (exact) mass is 304 g/mol. The van der Waals surface area contributed by atoms with Crippen LogP contribution in [0.3, 0.4) is 0 Å². The highest BCUT2D eigenvalue weighted by atomic mass is 32.1. The van der Waals surface area contributed by atoms with Crippen molar-refractivity contribution in [2.75, 3.05) is 7.05 Å². The first kappa shape index (κ1) is 19.1. The Morgan fingerprint density at radius 3 is 2.05 bits per heavy atom. The summed E-state index contributed by atoms with van der Waals surface area (Å²) >= 11 is 0.448. The predicted molar refractivity (Wildman–Crippen MR) is 80.3 cm³/mol. The van der Waals surface area contributed by atoms with Gasteiger partial charge in [0, 0.05) is 16.5 Å². The third kappa shape index (κ3) is 4.59. The van der Waals surface area contributed by atoms with Crippen molar-refractivity contribution in [3.05, 3.63) is 0 Å². The molecule has 20 heavy (non-hydrogen) atoms. The second-order valence-electron chi connectivity index (χ2n) is 5.54. The summed E-state index contributed by atoms with van der Waals surface area (Å²) in [4.78, 5) is 24.7. The normalized spacial score (nSPS) is 16.1. The second-order valence-corrected chi connectivity index (χ2v) is 6.30. The topological polar surface area (TPSA) is 67.7 Å². The lowest BCUT2D eigenvalue weighted by Crippen LogP contribution is -3.17. The summed E-state index contributed by atoms with van der Waals surface area (Å²) in [5, 5.41) is 2.46. The smallest absolute Gasteiger partial charge is 0.341 e. The quantitative estimate of drug-likeness (QED) is 0.507. The summed E-state index contributed by atoms with van der Waals surface area (Å²) in [5.41, 5.74) is -0.296. The van der Waals surface area contributed by atoms with Crippen LogP contribution in [0, 0.1) is 5.41 Å². The standard InChI is InChI=1S/C14H26N2O3S/c1-7-11(20-19)16(6)13(18)12(15-10(4)17)14(5,8-2)9-3/h11-12H,7-9H2,1-6H3/p+2. The molecule has 0 aromatic heterocycles. The number of quaternary nitrogens is 1. The fraction of sp³-hybridized carbons (Fsp3) is 0.857. The number of rotatable bonds is 8. The van der Waals surface area contributed by atoms with Gasteiger partial charge >= 0.3 is 22.9 Å². The summed E-state index contributed by atoms with van der Waals surface area (Å²) in [6.07, 6.45) is 2.19. The first-order valence-corrected chi connectivity index (χ1v) is 8.01. The van der Waals surface area contributed by atoms with E-state index in [0.717, 1.165) is 12.8 Å². The molecule has 0 rings (SSSR count). The molecule has 6 heteroatoms. The van der Waals surface area contributed by atoms with Gasteiger partial charge in [-0.1, -0.05) is 27.7 Å². The molecule has 2 N–H and O–H groups in total. The summed E-state index contributed by atoms with van der Waals surface area (Å²) in [6, 6.07) is -0.559. The van der Waals surface area contributed by atoms with Crippen LogP contribution in [0.4, 0.5) is 0 Å². The van der Waals surface area contributed by atoms with Gasteiger partial charge in [-0.3, -0.25) is 4.79 Å². The van der Waals surface area contributed by atoms with E-state index in [1.807, 2.05) is 27.7 Å². The zero-order valence-electron chi connectivity index (χ0n) is 13.4. The van der Waals surface area contributed by atoms with Crippen molar-refractivity contribution in [2.24, 2.45) is 5.41 Å². The summed E-state index contributed by atoms with van der Waals surface area (Å²) in [7, 11) is 1.71. The van der Waals surface area contributed by atoms with Crippen molar-refractivity contribution in [3.8, 4) is 0 Å². The molecule has 0 bridgehead atoms. The first-order chi connectivity index (χ1) is 9.27. The molecule has 0 aliphatic heterocycles. The SMILES string of the molecule is CCC([S+]=O)[NH+](C)C(=O)C(NC(C)=O)C(C)(CC)CC. The Balaban J connectivity index is 5.37. The number of likely N-dealkylation sites (N-methyl/N-ethyl adjacent to an activating group) is 1. The molecule has 0 aromatic carbocycles. The van der Waals surface area contributed by atoms with Crippen LogP contribution in [0.1, 0.15) is 53.9 Å². The zero-order valence-corrected chi connectivity index (χ0v) is 14.2. The number of hydrogen-bond donors (Lipinski definition) is 2. The van der Waals surface area contributed by atoms with E-state index in [1.54, 1.807) is 7.05 Å². The Morgan fingerprint density at radius 2 is 1.75 bits per heavy atom. The van der Waals surface area contributed by atoms with Gasteiger partial charge in [0.05, 0.1) is 13.5 Å². The van der Waals surface area contributed by atoms with Gasteiger partial charge in [-0.05, 0) is 12.8 Å². The highest BCUT2D eigenvalue weighted by Gasteiger charge is 2.45. The van der Waals surface area contributed by atoms with Crippen LogP contribution in [0.25, 0.3) is 0 Å². The third-order valence-corrected chi connectivity index (χ3v) is 5.20. The number of hydrogen-bond acceptors (Lipinski definition) is 3. The average Bonchev–Trinajstić information content (AvgIpc) is 2.44. The van der Waals surface area contributed by atoms with Crippen molar-refractivity contribution in [1.82, 2.24) is 5.32 Å². The Bertz CT molecular complexity index is 356. The number of amides is 2. The molecule has 2 amide bonds. The van der Waals surface area contributed by atoms with E-state index in [4.69, 9.17) is 0 Å². The Morgan fingerprint density at radius 1 is 1.25 bits per heavy atom. The minimum atomic E-state index is -0.559. The van der Waals surface area contributed by atoms with Gasteiger partial charge in [-0.25, -0.2) is 9.69 Å². The molecule has 0 aromatic rings. The van der Waals surface area contributed by atoms with Gasteiger partial charge < -0.3 is 5.32 Å². The molecule has 0 spiro atoms.